The zero-order chi connectivity index (χ0) is 24.9. The molecule has 180 valence electrons. The van der Waals surface area contributed by atoms with Gasteiger partial charge in [-0.1, -0.05) is 41.5 Å². The SMILES string of the molecule is COC(=O)c1cc2c(O[Si](C)(C)C(C)(C)C)c(OC)c(C)c(O[Si](C)(C)C(C)(C)C)c2[nH]1. The third-order valence-corrected chi connectivity index (χ3v) is 15.8. The van der Waals surface area contributed by atoms with Crippen molar-refractivity contribution in [2.75, 3.05) is 14.2 Å². The number of aromatic amines is 1. The number of ether oxygens (including phenoxy) is 2. The van der Waals surface area contributed by atoms with E-state index in [1.54, 1.807) is 13.2 Å². The van der Waals surface area contributed by atoms with Crippen LogP contribution >= 0.6 is 0 Å². The highest BCUT2D eigenvalue weighted by atomic mass is 28.4. The highest BCUT2D eigenvalue weighted by Gasteiger charge is 2.42. The molecule has 0 radical (unpaired) electrons. The van der Waals surface area contributed by atoms with Gasteiger partial charge in [0.15, 0.2) is 11.5 Å². The maximum atomic E-state index is 12.4. The van der Waals surface area contributed by atoms with E-state index >= 15 is 0 Å². The molecule has 1 aromatic carbocycles. The van der Waals surface area contributed by atoms with Crippen molar-refractivity contribution >= 4 is 33.5 Å². The molecule has 32 heavy (non-hydrogen) atoms. The molecule has 2 rings (SSSR count). The fraction of sp³-hybridized carbons (Fsp3) is 0.625. The predicted octanol–water partition coefficient (Wildman–Crippen LogP) is 7.04. The number of esters is 1. The Morgan fingerprint density at radius 1 is 0.844 bits per heavy atom. The summed E-state index contributed by atoms with van der Waals surface area (Å²) in [5, 5.41) is 0.773. The molecule has 0 amide bonds. The summed E-state index contributed by atoms with van der Waals surface area (Å²) < 4.78 is 24.4. The van der Waals surface area contributed by atoms with Crippen LogP contribution in [0.15, 0.2) is 6.07 Å². The van der Waals surface area contributed by atoms with Crippen molar-refractivity contribution in [2.24, 2.45) is 0 Å². The van der Waals surface area contributed by atoms with Crippen molar-refractivity contribution in [3.8, 4) is 17.2 Å². The predicted molar refractivity (Wildman–Crippen MR) is 137 cm³/mol. The molecule has 0 atom stereocenters. The Kier molecular flexibility index (Phi) is 6.94. The molecule has 0 bridgehead atoms. The van der Waals surface area contributed by atoms with Crippen LogP contribution in [0.1, 0.15) is 57.6 Å². The summed E-state index contributed by atoms with van der Waals surface area (Å²) in [4.78, 5) is 15.6. The maximum Gasteiger partial charge on any atom is 0.354 e. The highest BCUT2D eigenvalue weighted by molar-refractivity contribution is 6.75. The zero-order valence-electron chi connectivity index (χ0n) is 22.1. The van der Waals surface area contributed by atoms with E-state index < -0.39 is 22.6 Å². The van der Waals surface area contributed by atoms with Crippen molar-refractivity contribution in [3.05, 3.63) is 17.3 Å². The van der Waals surface area contributed by atoms with Gasteiger partial charge in [0.05, 0.1) is 19.7 Å². The molecule has 0 aliphatic heterocycles. The number of aromatic nitrogens is 1. The third-order valence-electron chi connectivity index (χ3n) is 7.11. The second kappa shape index (κ2) is 8.44. The normalized spacial score (nSPS) is 13.3. The monoisotopic (exact) mass is 479 g/mol. The Morgan fingerprint density at radius 2 is 1.31 bits per heavy atom. The summed E-state index contributed by atoms with van der Waals surface area (Å²) in [6.07, 6.45) is 0. The number of hydrogen-bond acceptors (Lipinski definition) is 5. The number of nitrogens with one attached hydrogen (secondary N) is 1. The Balaban J connectivity index is 2.89. The summed E-state index contributed by atoms with van der Waals surface area (Å²) in [5.41, 5.74) is 1.95. The van der Waals surface area contributed by atoms with Crippen LogP contribution in [0.3, 0.4) is 0 Å². The minimum absolute atomic E-state index is 0.00393. The van der Waals surface area contributed by atoms with Crippen molar-refractivity contribution in [1.82, 2.24) is 4.98 Å². The number of carbonyl (C=O) groups excluding carboxylic acids is 1. The first-order valence-electron chi connectivity index (χ1n) is 11.1. The number of H-pyrrole nitrogens is 1. The molecule has 0 unspecified atom stereocenters. The number of rotatable bonds is 6. The van der Waals surface area contributed by atoms with Crippen LogP contribution in [0.2, 0.25) is 36.3 Å². The second-order valence-electron chi connectivity index (χ2n) is 11.5. The second-order valence-corrected chi connectivity index (χ2v) is 21.0. The molecule has 1 N–H and O–H groups in total. The summed E-state index contributed by atoms with van der Waals surface area (Å²) in [7, 11) is -1.35. The lowest BCUT2D eigenvalue weighted by molar-refractivity contribution is 0.0595. The van der Waals surface area contributed by atoms with E-state index in [1.165, 1.54) is 7.11 Å². The Bertz CT molecular complexity index is 1010. The van der Waals surface area contributed by atoms with Gasteiger partial charge >= 0.3 is 5.97 Å². The van der Waals surface area contributed by atoms with Crippen LogP contribution in [0.5, 0.6) is 17.2 Å². The van der Waals surface area contributed by atoms with E-state index in [-0.39, 0.29) is 10.1 Å². The van der Waals surface area contributed by atoms with Crippen LogP contribution in [0.25, 0.3) is 10.9 Å². The standard InChI is InChI=1S/C24H41NO5Si2/c1-15-19(29-31(10,11)23(2,3)4)18-16(14-17(25-18)22(26)28-9)21(20(15)27-8)30-32(12,13)24(5,6)7/h14,25H,1-13H3. The van der Waals surface area contributed by atoms with Crippen molar-refractivity contribution in [3.63, 3.8) is 0 Å². The summed E-state index contributed by atoms with van der Waals surface area (Å²) in [6.45, 7) is 24.0. The minimum Gasteiger partial charge on any atom is -0.542 e. The molecular formula is C24H41NO5Si2. The van der Waals surface area contributed by atoms with Gasteiger partial charge in [0.25, 0.3) is 16.6 Å². The van der Waals surface area contributed by atoms with E-state index in [2.05, 4.69) is 72.7 Å². The lowest BCUT2D eigenvalue weighted by atomic mass is 10.1. The highest BCUT2D eigenvalue weighted by Crippen LogP contribution is 2.50. The van der Waals surface area contributed by atoms with Crippen molar-refractivity contribution in [1.29, 1.82) is 0 Å². The molecule has 8 heteroatoms. The van der Waals surface area contributed by atoms with E-state index in [4.69, 9.17) is 18.3 Å². The smallest absolute Gasteiger partial charge is 0.354 e. The molecule has 6 nitrogen and oxygen atoms in total. The van der Waals surface area contributed by atoms with Gasteiger partial charge in [-0.15, -0.1) is 0 Å². The van der Waals surface area contributed by atoms with Gasteiger partial charge in [-0.05, 0) is 49.3 Å². The fourth-order valence-electron chi connectivity index (χ4n) is 2.91. The van der Waals surface area contributed by atoms with Crippen LogP contribution in [-0.2, 0) is 4.74 Å². The van der Waals surface area contributed by atoms with Gasteiger partial charge in [-0.3, -0.25) is 0 Å². The van der Waals surface area contributed by atoms with Gasteiger partial charge in [0, 0.05) is 10.9 Å². The molecule has 0 aliphatic rings. The lowest BCUT2D eigenvalue weighted by Crippen LogP contribution is -2.44. The number of carbonyl (C=O) groups is 1. The molecule has 1 aromatic heterocycles. The van der Waals surface area contributed by atoms with E-state index in [0.29, 0.717) is 22.9 Å². The van der Waals surface area contributed by atoms with Crippen LogP contribution in [0.4, 0.5) is 0 Å². The largest absolute Gasteiger partial charge is 0.542 e. The van der Waals surface area contributed by atoms with Crippen LogP contribution < -0.4 is 13.6 Å². The molecule has 0 saturated carbocycles. The Labute approximate surface area is 195 Å². The number of fused-ring (bicyclic) bond motifs is 1. The average Bonchev–Trinajstić information content (AvgIpc) is 3.07. The van der Waals surface area contributed by atoms with Gasteiger partial charge in [0.2, 0.25) is 0 Å². The molecular weight excluding hydrogens is 438 g/mol. The van der Waals surface area contributed by atoms with E-state index in [1.807, 2.05) is 6.92 Å². The van der Waals surface area contributed by atoms with Gasteiger partial charge in [-0.2, -0.15) is 0 Å². The summed E-state index contributed by atoms with van der Waals surface area (Å²) in [6, 6.07) is 1.78. The molecule has 0 fully saturated rings. The summed E-state index contributed by atoms with van der Waals surface area (Å²) in [5.74, 6) is 1.57. The molecule has 0 spiro atoms. The van der Waals surface area contributed by atoms with E-state index in [9.17, 15) is 4.79 Å². The maximum absolute atomic E-state index is 12.4. The molecule has 0 saturated heterocycles. The number of hydrogen-bond donors (Lipinski definition) is 1. The van der Waals surface area contributed by atoms with Gasteiger partial charge in [-0.25, -0.2) is 4.79 Å². The number of methoxy groups -OCH3 is 2. The van der Waals surface area contributed by atoms with Crippen LogP contribution in [-0.4, -0.2) is 41.8 Å². The van der Waals surface area contributed by atoms with Gasteiger partial charge in [0.1, 0.15) is 11.4 Å². The first-order valence-corrected chi connectivity index (χ1v) is 16.9. The molecule has 1 heterocycles. The third kappa shape index (κ3) is 4.71. The topological polar surface area (TPSA) is 69.8 Å². The fourth-order valence-corrected chi connectivity index (χ4v) is 5.00. The van der Waals surface area contributed by atoms with Crippen LogP contribution in [0, 0.1) is 6.92 Å². The quantitative estimate of drug-likeness (QED) is 0.355. The van der Waals surface area contributed by atoms with E-state index in [0.717, 1.165) is 16.5 Å². The Hall–Kier alpha value is -1.94. The lowest BCUT2D eigenvalue weighted by Gasteiger charge is -2.39. The first-order chi connectivity index (χ1) is 14.4. The molecule has 2 aromatic rings. The number of benzene rings is 1. The van der Waals surface area contributed by atoms with Crippen molar-refractivity contribution in [2.45, 2.75) is 84.7 Å². The van der Waals surface area contributed by atoms with Gasteiger partial charge < -0.3 is 23.3 Å². The minimum atomic E-state index is -2.20. The summed E-state index contributed by atoms with van der Waals surface area (Å²) >= 11 is 0. The zero-order valence-corrected chi connectivity index (χ0v) is 24.1. The van der Waals surface area contributed by atoms with Crippen molar-refractivity contribution < 1.29 is 23.1 Å². The average molecular weight is 480 g/mol. The molecule has 0 aliphatic carbocycles. The Morgan fingerprint density at radius 3 is 1.72 bits per heavy atom. The first kappa shape index (κ1) is 26.3.